The summed E-state index contributed by atoms with van der Waals surface area (Å²) in [5.74, 6) is -0.608. The van der Waals surface area contributed by atoms with E-state index in [2.05, 4.69) is 4.98 Å². The summed E-state index contributed by atoms with van der Waals surface area (Å²) in [6.07, 6.45) is 3.75. The smallest absolute Gasteiger partial charge is 0.197 e. The highest BCUT2D eigenvalue weighted by Crippen LogP contribution is 2.19. The zero-order valence-corrected chi connectivity index (χ0v) is 11.7. The lowest BCUT2D eigenvalue weighted by Gasteiger charge is -2.06. The second kappa shape index (κ2) is 6.48. The maximum Gasteiger partial charge on any atom is 0.197 e. The molecule has 0 saturated heterocycles. The summed E-state index contributed by atoms with van der Waals surface area (Å²) in [5.41, 5.74) is 0.240. The van der Waals surface area contributed by atoms with Crippen molar-refractivity contribution in [3.63, 3.8) is 0 Å². The molecule has 0 fully saturated rings. The first-order valence-corrected chi connectivity index (χ1v) is 6.57. The van der Waals surface area contributed by atoms with Crippen LogP contribution in [0.2, 0.25) is 5.02 Å². The quantitative estimate of drug-likeness (QED) is 0.785. The van der Waals surface area contributed by atoms with Gasteiger partial charge in [0.1, 0.15) is 11.6 Å². The van der Waals surface area contributed by atoms with Gasteiger partial charge in [-0.25, -0.2) is 4.39 Å². The predicted molar refractivity (Wildman–Crippen MR) is 74.9 cm³/mol. The Morgan fingerprint density at radius 2 is 2.15 bits per heavy atom. The molecule has 0 amide bonds. The molecule has 104 valence electrons. The van der Waals surface area contributed by atoms with E-state index in [9.17, 15) is 9.18 Å². The lowest BCUT2D eigenvalue weighted by Crippen LogP contribution is -2.05. The fourth-order valence-electron chi connectivity index (χ4n) is 1.67. The lowest BCUT2D eigenvalue weighted by atomic mass is 10.0. The van der Waals surface area contributed by atoms with Crippen molar-refractivity contribution in [1.29, 1.82) is 0 Å². The van der Waals surface area contributed by atoms with Crippen molar-refractivity contribution >= 4 is 17.4 Å². The summed E-state index contributed by atoms with van der Waals surface area (Å²) in [5, 5.41) is 0.247. The van der Waals surface area contributed by atoms with Crippen LogP contribution >= 0.6 is 11.6 Å². The summed E-state index contributed by atoms with van der Waals surface area (Å²) in [6, 6.07) is 5.50. The molecular formula is C15H13ClFNO2. The number of hydrogen-bond donors (Lipinski definition) is 0. The van der Waals surface area contributed by atoms with Crippen LogP contribution in [0.4, 0.5) is 4.39 Å². The summed E-state index contributed by atoms with van der Waals surface area (Å²) in [7, 11) is 0. The predicted octanol–water partition coefficient (Wildman–Crippen LogP) is 3.89. The normalized spacial score (nSPS) is 10.3. The van der Waals surface area contributed by atoms with Crippen LogP contribution in [0.3, 0.4) is 0 Å². The third-order valence-electron chi connectivity index (χ3n) is 2.62. The van der Waals surface area contributed by atoms with Gasteiger partial charge in [-0.3, -0.25) is 9.78 Å². The van der Waals surface area contributed by atoms with E-state index in [1.54, 1.807) is 6.07 Å². The molecule has 0 aliphatic carbocycles. The topological polar surface area (TPSA) is 39.2 Å². The minimum Gasteiger partial charge on any atom is -0.492 e. The van der Waals surface area contributed by atoms with Crippen molar-refractivity contribution in [2.45, 2.75) is 13.3 Å². The van der Waals surface area contributed by atoms with Gasteiger partial charge in [-0.05, 0) is 30.7 Å². The molecule has 1 aromatic carbocycles. The van der Waals surface area contributed by atoms with Crippen LogP contribution in [0.1, 0.15) is 29.3 Å². The van der Waals surface area contributed by atoms with E-state index in [0.717, 1.165) is 12.5 Å². The van der Waals surface area contributed by atoms with Crippen LogP contribution in [0.15, 0.2) is 36.7 Å². The molecule has 2 aromatic rings. The number of carbonyl (C=O) groups is 1. The Kier molecular flexibility index (Phi) is 4.69. The molecule has 0 saturated carbocycles. The van der Waals surface area contributed by atoms with Crippen molar-refractivity contribution in [1.82, 2.24) is 4.98 Å². The summed E-state index contributed by atoms with van der Waals surface area (Å²) >= 11 is 5.67. The Labute approximate surface area is 121 Å². The summed E-state index contributed by atoms with van der Waals surface area (Å²) in [4.78, 5) is 16.2. The van der Waals surface area contributed by atoms with Crippen LogP contribution in [-0.2, 0) is 0 Å². The zero-order chi connectivity index (χ0) is 14.5. The largest absolute Gasteiger partial charge is 0.492 e. The van der Waals surface area contributed by atoms with Gasteiger partial charge < -0.3 is 4.74 Å². The van der Waals surface area contributed by atoms with Crippen molar-refractivity contribution < 1.29 is 13.9 Å². The second-order valence-corrected chi connectivity index (χ2v) is 4.65. The minimum absolute atomic E-state index is 0.0381. The van der Waals surface area contributed by atoms with E-state index in [4.69, 9.17) is 16.3 Å². The SMILES string of the molecule is CCCOc1cncc(C(=O)c2ccc(Cl)cc2F)c1. The monoisotopic (exact) mass is 293 g/mol. The second-order valence-electron chi connectivity index (χ2n) is 4.21. The van der Waals surface area contributed by atoms with E-state index in [1.807, 2.05) is 6.92 Å². The van der Waals surface area contributed by atoms with Gasteiger partial charge in [0.15, 0.2) is 5.78 Å². The zero-order valence-electron chi connectivity index (χ0n) is 10.9. The highest BCUT2D eigenvalue weighted by Gasteiger charge is 2.15. The number of pyridine rings is 1. The van der Waals surface area contributed by atoms with Gasteiger partial charge in [0, 0.05) is 16.8 Å². The van der Waals surface area contributed by atoms with Gasteiger partial charge in [0.25, 0.3) is 0 Å². The average Bonchev–Trinajstić information content (AvgIpc) is 2.45. The number of rotatable bonds is 5. The number of hydrogen-bond acceptors (Lipinski definition) is 3. The van der Waals surface area contributed by atoms with Gasteiger partial charge in [0.2, 0.25) is 0 Å². The van der Waals surface area contributed by atoms with Gasteiger partial charge >= 0.3 is 0 Å². The first-order chi connectivity index (χ1) is 9.61. The first-order valence-electron chi connectivity index (χ1n) is 6.19. The fourth-order valence-corrected chi connectivity index (χ4v) is 1.83. The number of ketones is 1. The number of nitrogens with zero attached hydrogens (tertiary/aromatic N) is 1. The van der Waals surface area contributed by atoms with Crippen LogP contribution in [-0.4, -0.2) is 17.4 Å². The Bertz CT molecular complexity index is 631. The molecule has 0 spiro atoms. The average molecular weight is 294 g/mol. The van der Waals surface area contributed by atoms with E-state index >= 15 is 0 Å². The maximum absolute atomic E-state index is 13.7. The van der Waals surface area contributed by atoms with Gasteiger partial charge in [0.05, 0.1) is 18.4 Å². The van der Waals surface area contributed by atoms with E-state index in [1.165, 1.54) is 24.5 Å². The molecule has 0 aliphatic rings. The highest BCUT2D eigenvalue weighted by atomic mass is 35.5. The molecule has 0 unspecified atom stereocenters. The summed E-state index contributed by atoms with van der Waals surface area (Å²) < 4.78 is 19.1. The molecule has 2 rings (SSSR count). The minimum atomic E-state index is -0.651. The maximum atomic E-state index is 13.7. The summed E-state index contributed by atoms with van der Waals surface area (Å²) in [6.45, 7) is 2.51. The van der Waals surface area contributed by atoms with Crippen LogP contribution in [0.25, 0.3) is 0 Å². The molecule has 20 heavy (non-hydrogen) atoms. The van der Waals surface area contributed by atoms with Crippen molar-refractivity contribution in [2.24, 2.45) is 0 Å². The van der Waals surface area contributed by atoms with Crippen LogP contribution in [0.5, 0.6) is 5.75 Å². The highest BCUT2D eigenvalue weighted by molar-refractivity contribution is 6.30. The Hall–Kier alpha value is -1.94. The number of halogens is 2. The molecule has 0 atom stereocenters. The van der Waals surface area contributed by atoms with Crippen LogP contribution < -0.4 is 4.74 Å². The first kappa shape index (κ1) is 14.5. The Morgan fingerprint density at radius 1 is 1.35 bits per heavy atom. The standard InChI is InChI=1S/C15H13ClFNO2/c1-2-5-20-12-6-10(8-18-9-12)15(19)13-4-3-11(16)7-14(13)17/h3-4,6-9H,2,5H2,1H3. The van der Waals surface area contributed by atoms with Gasteiger partial charge in [-0.1, -0.05) is 18.5 Å². The molecule has 0 bridgehead atoms. The lowest BCUT2D eigenvalue weighted by molar-refractivity contribution is 0.103. The Morgan fingerprint density at radius 3 is 2.85 bits per heavy atom. The van der Waals surface area contributed by atoms with Crippen molar-refractivity contribution in [2.75, 3.05) is 6.61 Å². The van der Waals surface area contributed by atoms with Crippen molar-refractivity contribution in [3.05, 3.63) is 58.6 Å². The van der Waals surface area contributed by atoms with Crippen molar-refractivity contribution in [3.8, 4) is 5.75 Å². The third kappa shape index (κ3) is 3.33. The Balaban J connectivity index is 2.28. The van der Waals surface area contributed by atoms with E-state index < -0.39 is 11.6 Å². The van der Waals surface area contributed by atoms with Crippen LogP contribution in [0, 0.1) is 5.82 Å². The molecule has 1 heterocycles. The number of aromatic nitrogens is 1. The molecule has 1 aromatic heterocycles. The molecule has 3 nitrogen and oxygen atoms in total. The van der Waals surface area contributed by atoms with E-state index in [0.29, 0.717) is 12.4 Å². The number of benzene rings is 1. The fraction of sp³-hybridized carbons (Fsp3) is 0.200. The number of ether oxygens (including phenoxy) is 1. The van der Waals surface area contributed by atoms with E-state index in [-0.39, 0.29) is 16.1 Å². The molecule has 0 N–H and O–H groups in total. The van der Waals surface area contributed by atoms with Gasteiger partial charge in [-0.15, -0.1) is 0 Å². The number of carbonyl (C=O) groups excluding carboxylic acids is 1. The molecule has 0 radical (unpaired) electrons. The molecule has 5 heteroatoms. The van der Waals surface area contributed by atoms with Gasteiger partial charge in [-0.2, -0.15) is 0 Å². The molecule has 0 aliphatic heterocycles. The molecular weight excluding hydrogens is 281 g/mol. The third-order valence-corrected chi connectivity index (χ3v) is 2.86.